The quantitative estimate of drug-likeness (QED) is 0.0163. The van der Waals surface area contributed by atoms with E-state index in [9.17, 15) is 53.4 Å². The molecule has 8 atom stereocenters. The fraction of sp³-hybridized carbons (Fsp3) is 0.567. The van der Waals surface area contributed by atoms with Crippen molar-refractivity contribution in [2.75, 3.05) is 52.4 Å². The lowest BCUT2D eigenvalue weighted by Gasteiger charge is -2.39. The molecule has 0 radical (unpaired) electrons. The van der Waals surface area contributed by atoms with Gasteiger partial charge in [-0.05, 0) is 101 Å². The predicted octanol–water partition coefficient (Wildman–Crippen LogP) is -1.11. The number of aromatic hydroxyl groups is 1. The molecule has 0 unspecified atom stereocenters. The lowest BCUT2D eigenvalue weighted by Crippen LogP contribution is -2.66. The van der Waals surface area contributed by atoms with Gasteiger partial charge in [0.05, 0.1) is 26.0 Å². The molecule has 2 fully saturated rings. The van der Waals surface area contributed by atoms with Crippen molar-refractivity contribution in [1.82, 2.24) is 56.6 Å². The van der Waals surface area contributed by atoms with Crippen LogP contribution in [0.4, 0.5) is 0 Å². The number of phenols is 1. The maximum absolute atomic E-state index is 15.3. The number of amides is 10. The molecule has 2 saturated heterocycles. The second kappa shape index (κ2) is 31.8. The molecule has 6 rings (SSSR count). The summed E-state index contributed by atoms with van der Waals surface area (Å²) in [5.74, 6) is -6.40. The number of carbonyl (C=O) groups is 10. The number of nitrogens with one attached hydrogen (secondary N) is 7. The van der Waals surface area contributed by atoms with Crippen LogP contribution in [-0.4, -0.2) is 205 Å². The summed E-state index contributed by atoms with van der Waals surface area (Å²) in [7, 11) is 0. The molecule has 27 heteroatoms. The van der Waals surface area contributed by atoms with Gasteiger partial charge in [-0.15, -0.1) is 0 Å². The first-order chi connectivity index (χ1) is 41.5. The minimum atomic E-state index is -1.70. The Bertz CT molecular complexity index is 2930. The molecule has 3 aliphatic rings. The van der Waals surface area contributed by atoms with Gasteiger partial charge in [0.15, 0.2) is 12.5 Å². The molecule has 27 nitrogen and oxygen atoms in total. The fourth-order valence-electron chi connectivity index (χ4n) is 11.5. The Morgan fingerprint density at radius 2 is 1.44 bits per heavy atom. The van der Waals surface area contributed by atoms with Gasteiger partial charge in [-0.1, -0.05) is 50.2 Å². The number of aliphatic imine (C=N–C) groups is 1. The Hall–Kier alpha value is -8.46. The summed E-state index contributed by atoms with van der Waals surface area (Å²) < 4.78 is -0.564. The average molecular weight is 1210 g/mol. The zero-order chi connectivity index (χ0) is 63.5. The van der Waals surface area contributed by atoms with Crippen LogP contribution in [0.5, 0.6) is 5.75 Å². The van der Waals surface area contributed by atoms with Crippen LogP contribution in [0.3, 0.4) is 0 Å². The number of H-pyrrole nitrogens is 1. The number of quaternary nitrogens is 1. The van der Waals surface area contributed by atoms with Crippen LogP contribution in [0.15, 0.2) is 66.0 Å². The number of benzene rings is 2. The van der Waals surface area contributed by atoms with E-state index in [2.05, 4.69) is 46.9 Å². The number of nitrogens with two attached hydrogens (primary N) is 2. The van der Waals surface area contributed by atoms with E-state index in [1.165, 1.54) is 34.5 Å². The molecular formula is C60H88N15O12+. The number of likely N-dealkylation sites (tertiary alicyclic amines) is 1. The van der Waals surface area contributed by atoms with Crippen LogP contribution < -0.4 is 43.4 Å². The third kappa shape index (κ3) is 18.1. The maximum atomic E-state index is 15.3. The first kappa shape index (κ1) is 67.7. The number of phenolic OH excluding ortho intramolecular Hbond substituents is 1. The second-order valence-corrected chi connectivity index (χ2v) is 22.9. The molecule has 0 aliphatic carbocycles. The number of guanidine groups is 1. The van der Waals surface area contributed by atoms with Gasteiger partial charge in [0.25, 0.3) is 5.91 Å². The Balaban J connectivity index is 1.23. The van der Waals surface area contributed by atoms with E-state index in [1.807, 2.05) is 27.7 Å². The molecule has 87 heavy (non-hydrogen) atoms. The van der Waals surface area contributed by atoms with Gasteiger partial charge in [-0.2, -0.15) is 0 Å². The standard InChI is InChI=1S/C60H87N15O12/c1-7-72(8-2)58(86)48-18-14-26-73(48)56(84)43(17-13-25-64-60(61)62)68-53(81)44(27-36(5)6)67-51(79)33-75(9-3,10-4)59(87)46(28-37-19-21-41(77)22-20-37)70-54(82)47(34-76)71-55(83)49-29-38-15-11-12-16-39(38)32-74(49)57(85)45(30-40-31-63-35-65-40)69-52(80)42-23-24-50(78)66-42/h11-12,15-16,19-22,31,35-36,42-49,76H,7-10,13-14,17-18,23-30,32-34H2,1-6H3,(H11-,61,62,63,64,65,66,67,68,69,70,71,77,78,79,80,81,82,83)/p+1/t42-,43-,44-,45-,46-,47-,48-,49-/m0/s1. The lowest BCUT2D eigenvalue weighted by atomic mass is 9.92. The van der Waals surface area contributed by atoms with E-state index in [0.717, 1.165) is 11.1 Å². The summed E-state index contributed by atoms with van der Waals surface area (Å²) >= 11 is 0. The van der Waals surface area contributed by atoms with Crippen molar-refractivity contribution in [3.05, 3.63) is 83.4 Å². The number of carbonyl (C=O) groups excluding carboxylic acids is 10. The Morgan fingerprint density at radius 1 is 0.782 bits per heavy atom. The van der Waals surface area contributed by atoms with Gasteiger partial charge < -0.3 is 73.3 Å². The number of hydrogen-bond donors (Lipinski definition) is 11. The SMILES string of the molecule is CCN(CC)C(=O)[C@@H]1CCCN1C(=O)[C@H](CCCN=C(N)N)NC(=O)[C@H](CC(C)C)NC(=O)C[N+](CC)(CC)C(=O)[C@H](Cc1ccc(O)cc1)NC(=O)[C@H](CO)NC(=O)[C@@H]1Cc2ccccc2CN1C(=O)[C@H](Cc1cnc[nH]1)NC(=O)[C@@H]1CCC(=O)N1. The summed E-state index contributed by atoms with van der Waals surface area (Å²) in [6.45, 7) is 10.7. The third-order valence-corrected chi connectivity index (χ3v) is 16.5. The number of aromatic amines is 1. The number of nitrogens with zero attached hydrogens (tertiary/aromatic N) is 6. The molecule has 0 bridgehead atoms. The smallest absolute Gasteiger partial charge is 0.336 e. The van der Waals surface area contributed by atoms with Gasteiger partial charge >= 0.3 is 5.91 Å². The number of fused-ring (bicyclic) bond motifs is 1. The van der Waals surface area contributed by atoms with Crippen LogP contribution in [0.2, 0.25) is 0 Å². The van der Waals surface area contributed by atoms with Crippen molar-refractivity contribution in [2.24, 2.45) is 22.4 Å². The summed E-state index contributed by atoms with van der Waals surface area (Å²) in [4.78, 5) is 157. The first-order valence-electron chi connectivity index (χ1n) is 30.1. The molecule has 0 saturated carbocycles. The largest absolute Gasteiger partial charge is 0.508 e. The maximum Gasteiger partial charge on any atom is 0.336 e. The van der Waals surface area contributed by atoms with Crippen molar-refractivity contribution in [1.29, 1.82) is 0 Å². The number of aromatic nitrogens is 2. The highest BCUT2D eigenvalue weighted by Crippen LogP contribution is 2.27. The number of likely N-dealkylation sites (N-methyl/N-ethyl adjacent to an activating group) is 2. The van der Waals surface area contributed by atoms with Gasteiger partial charge in [-0.3, -0.25) is 52.6 Å². The molecule has 3 aliphatic heterocycles. The molecular weight excluding hydrogens is 1120 g/mol. The summed E-state index contributed by atoms with van der Waals surface area (Å²) in [5.41, 5.74) is 13.6. The van der Waals surface area contributed by atoms with Crippen LogP contribution in [-0.2, 0) is 73.8 Å². The molecule has 3 aromatic rings. The van der Waals surface area contributed by atoms with Crippen molar-refractivity contribution < 1.29 is 62.6 Å². The van der Waals surface area contributed by atoms with Gasteiger partial charge in [0, 0.05) is 70.3 Å². The van der Waals surface area contributed by atoms with Crippen molar-refractivity contribution in [3.8, 4) is 5.75 Å². The Kier molecular flexibility index (Phi) is 24.7. The highest BCUT2D eigenvalue weighted by molar-refractivity contribution is 5.98. The monoisotopic (exact) mass is 1210 g/mol. The molecule has 1 aromatic heterocycles. The van der Waals surface area contributed by atoms with Crippen molar-refractivity contribution in [2.45, 2.75) is 161 Å². The molecule has 2 aromatic carbocycles. The predicted molar refractivity (Wildman–Crippen MR) is 320 cm³/mol. The van der Waals surface area contributed by atoms with E-state index in [1.54, 1.807) is 55.1 Å². The van der Waals surface area contributed by atoms with Crippen molar-refractivity contribution in [3.63, 3.8) is 0 Å². The Labute approximate surface area is 507 Å². The number of aliphatic hydroxyl groups excluding tert-OH is 1. The van der Waals surface area contributed by atoms with Gasteiger partial charge in [0.2, 0.25) is 47.3 Å². The zero-order valence-electron chi connectivity index (χ0n) is 50.7. The van der Waals surface area contributed by atoms with Crippen LogP contribution in [0.1, 0.15) is 109 Å². The molecule has 474 valence electrons. The molecule has 0 spiro atoms. The van der Waals surface area contributed by atoms with Crippen LogP contribution in [0, 0.1) is 5.92 Å². The fourth-order valence-corrected chi connectivity index (χ4v) is 11.5. The minimum Gasteiger partial charge on any atom is -0.508 e. The van der Waals surface area contributed by atoms with E-state index < -0.39 is 113 Å². The van der Waals surface area contributed by atoms with Crippen LogP contribution in [0.25, 0.3) is 0 Å². The van der Waals surface area contributed by atoms with E-state index in [4.69, 9.17) is 11.5 Å². The number of rotatable bonds is 30. The third-order valence-electron chi connectivity index (χ3n) is 16.5. The van der Waals surface area contributed by atoms with Crippen molar-refractivity contribution >= 4 is 65.0 Å². The molecule has 4 heterocycles. The topological polar surface area (TPSA) is 386 Å². The normalized spacial score (nSPS) is 18.2. The lowest BCUT2D eigenvalue weighted by molar-refractivity contribution is -0.843. The number of hydrogen-bond acceptors (Lipinski definition) is 14. The van der Waals surface area contributed by atoms with Crippen LogP contribution >= 0.6 is 0 Å². The number of aliphatic hydroxyl groups is 1. The average Bonchev–Trinajstić information content (AvgIpc) is 3.48. The second-order valence-electron chi connectivity index (χ2n) is 22.9. The van der Waals surface area contributed by atoms with Gasteiger partial charge in [-0.25, -0.2) is 9.78 Å². The van der Waals surface area contributed by atoms with E-state index >= 15 is 4.79 Å². The molecule has 10 amide bonds. The number of imidazole rings is 1. The summed E-state index contributed by atoms with van der Waals surface area (Å²) in [6.07, 6.45) is 4.54. The Morgan fingerprint density at radius 3 is 2.05 bits per heavy atom. The molecule has 13 N–H and O–H groups in total. The summed E-state index contributed by atoms with van der Waals surface area (Å²) in [5, 5.41) is 37.4. The highest BCUT2D eigenvalue weighted by Gasteiger charge is 2.45. The van der Waals surface area contributed by atoms with Gasteiger partial charge in [0.1, 0.15) is 54.1 Å². The van der Waals surface area contributed by atoms with E-state index in [0.29, 0.717) is 43.7 Å². The highest BCUT2D eigenvalue weighted by atomic mass is 16.3. The first-order valence-corrected chi connectivity index (χ1v) is 30.1. The minimum absolute atomic E-state index is 0.0195. The summed E-state index contributed by atoms with van der Waals surface area (Å²) in [6, 6.07) is 3.46. The van der Waals surface area contributed by atoms with E-state index in [-0.39, 0.29) is 107 Å². The zero-order valence-corrected chi connectivity index (χ0v) is 50.7.